The average Bonchev–Trinajstić information content (AvgIpc) is 2.11. The molecule has 1 amide bonds. The summed E-state index contributed by atoms with van der Waals surface area (Å²) in [7, 11) is 0. The van der Waals surface area contributed by atoms with Gasteiger partial charge in [0.1, 0.15) is 0 Å². The molecule has 0 atom stereocenters. The van der Waals surface area contributed by atoms with Crippen LogP contribution >= 0.6 is 79.6 Å². The zero-order chi connectivity index (χ0) is 11.0. The number of rotatable bonds is 1. The fourth-order valence-corrected chi connectivity index (χ4v) is 4.26. The van der Waals surface area contributed by atoms with Gasteiger partial charge >= 0.3 is 0 Å². The smallest absolute Gasteiger partial charge is 0.251 e. The van der Waals surface area contributed by atoms with Gasteiger partial charge in [-0.05, 0) is 79.6 Å². The molecule has 0 unspecified atom stereocenters. The number of carbonyl (C=O) groups is 1. The Morgan fingerprint density at radius 2 is 1.07 bits per heavy atom. The van der Waals surface area contributed by atoms with Gasteiger partial charge in [0.15, 0.2) is 0 Å². The lowest BCUT2D eigenvalue weighted by Crippen LogP contribution is -2.13. The molecule has 1 rings (SSSR count). The van der Waals surface area contributed by atoms with Crippen molar-refractivity contribution >= 4 is 85.6 Å². The number of amides is 1. The molecule has 0 saturated heterocycles. The number of hydrogen-bond acceptors (Lipinski definition) is 1. The highest BCUT2D eigenvalue weighted by atomic mass is 79.9. The molecule has 0 aliphatic heterocycles. The van der Waals surface area contributed by atoms with Crippen LogP contribution in [0.1, 0.15) is 10.4 Å². The molecule has 1 aromatic carbocycles. The summed E-state index contributed by atoms with van der Waals surface area (Å²) in [6.45, 7) is 0. The minimum absolute atomic E-state index is 0.395. The Kier molecular flexibility index (Phi) is 4.65. The van der Waals surface area contributed by atoms with E-state index in [0.29, 0.717) is 14.5 Å². The van der Waals surface area contributed by atoms with Crippen molar-refractivity contribution in [1.29, 1.82) is 0 Å². The second-order valence-corrected chi connectivity index (χ2v) is 6.27. The van der Waals surface area contributed by atoms with Crippen molar-refractivity contribution < 1.29 is 4.79 Å². The van der Waals surface area contributed by atoms with Crippen molar-refractivity contribution in [3.8, 4) is 0 Å². The van der Waals surface area contributed by atoms with E-state index >= 15 is 0 Å². The number of benzene rings is 1. The first-order chi connectivity index (χ1) is 6.37. The maximum absolute atomic E-state index is 11.2. The molecule has 2 nitrogen and oxygen atoms in total. The standard InChI is InChI=1S/C7H2Br5NO/c8-2-1(7(13)14)3(9)5(11)6(12)4(2)10/h(H2,13,14). The minimum atomic E-state index is -0.502. The van der Waals surface area contributed by atoms with Gasteiger partial charge in [0.2, 0.25) is 0 Å². The second kappa shape index (κ2) is 4.95. The monoisotopic (exact) mass is 511 g/mol. The molecule has 2 N–H and O–H groups in total. The van der Waals surface area contributed by atoms with E-state index in [1.54, 1.807) is 0 Å². The van der Waals surface area contributed by atoms with Crippen molar-refractivity contribution in [2.75, 3.05) is 0 Å². The Labute approximate surface area is 123 Å². The van der Waals surface area contributed by atoms with Crippen molar-refractivity contribution in [2.45, 2.75) is 0 Å². The van der Waals surface area contributed by atoms with Crippen LogP contribution in [-0.4, -0.2) is 5.91 Å². The predicted octanol–water partition coefficient (Wildman–Crippen LogP) is 4.60. The van der Waals surface area contributed by atoms with Crippen LogP contribution in [0.5, 0.6) is 0 Å². The van der Waals surface area contributed by atoms with Crippen LogP contribution in [0.3, 0.4) is 0 Å². The van der Waals surface area contributed by atoms with Crippen LogP contribution in [0.25, 0.3) is 0 Å². The molecule has 0 fully saturated rings. The summed E-state index contributed by atoms with van der Waals surface area (Å²) in [6, 6.07) is 0. The molecule has 0 aromatic heterocycles. The quantitative estimate of drug-likeness (QED) is 0.431. The number of hydrogen-bond donors (Lipinski definition) is 1. The van der Waals surface area contributed by atoms with Gasteiger partial charge < -0.3 is 5.73 Å². The molecule has 14 heavy (non-hydrogen) atoms. The fraction of sp³-hybridized carbons (Fsp3) is 0. The molecule has 0 saturated carbocycles. The zero-order valence-electron chi connectivity index (χ0n) is 6.38. The molecule has 1 aromatic rings. The third-order valence-corrected chi connectivity index (χ3v) is 7.55. The molecule has 0 spiro atoms. The molecule has 0 heterocycles. The van der Waals surface area contributed by atoms with E-state index in [4.69, 9.17) is 5.73 Å². The van der Waals surface area contributed by atoms with E-state index in [-0.39, 0.29) is 0 Å². The zero-order valence-corrected chi connectivity index (χ0v) is 14.3. The highest BCUT2D eigenvalue weighted by Gasteiger charge is 2.20. The first-order valence-corrected chi connectivity index (χ1v) is 7.15. The summed E-state index contributed by atoms with van der Waals surface area (Å²) in [5, 5.41) is 0. The number of halogens is 5. The predicted molar refractivity (Wildman–Crippen MR) is 73.5 cm³/mol. The maximum atomic E-state index is 11.2. The molecule has 7 heteroatoms. The Morgan fingerprint density at radius 3 is 1.36 bits per heavy atom. The SMILES string of the molecule is NC(=O)c1c(Br)c(Br)c(Br)c(Br)c1Br. The summed E-state index contributed by atoms with van der Waals surface area (Å²) in [6.07, 6.45) is 0. The third-order valence-electron chi connectivity index (χ3n) is 1.46. The fourth-order valence-electron chi connectivity index (χ4n) is 0.821. The van der Waals surface area contributed by atoms with Gasteiger partial charge in [0, 0.05) is 22.4 Å². The number of nitrogens with two attached hydrogens (primary N) is 1. The molecule has 0 radical (unpaired) electrons. The van der Waals surface area contributed by atoms with Crippen LogP contribution in [-0.2, 0) is 0 Å². The van der Waals surface area contributed by atoms with Crippen LogP contribution in [0.2, 0.25) is 0 Å². The van der Waals surface area contributed by atoms with Gasteiger partial charge in [-0.3, -0.25) is 4.79 Å². The van der Waals surface area contributed by atoms with Crippen LogP contribution in [0.15, 0.2) is 22.4 Å². The molecule has 0 aliphatic carbocycles. The van der Waals surface area contributed by atoms with Gasteiger partial charge in [-0.2, -0.15) is 0 Å². The third kappa shape index (κ3) is 2.26. The van der Waals surface area contributed by atoms with Gasteiger partial charge in [0.05, 0.1) is 5.56 Å². The van der Waals surface area contributed by atoms with Crippen molar-refractivity contribution in [1.82, 2.24) is 0 Å². The van der Waals surface area contributed by atoms with Crippen LogP contribution in [0.4, 0.5) is 0 Å². The Balaban J connectivity index is 3.68. The van der Waals surface area contributed by atoms with Crippen LogP contribution < -0.4 is 5.73 Å². The van der Waals surface area contributed by atoms with E-state index in [9.17, 15) is 4.79 Å². The number of carbonyl (C=O) groups excluding carboxylic acids is 1. The average molecular weight is 516 g/mol. The molecule has 0 aliphatic rings. The van der Waals surface area contributed by atoms with Gasteiger partial charge in [0.25, 0.3) is 5.91 Å². The highest BCUT2D eigenvalue weighted by Crippen LogP contribution is 2.44. The molecule has 76 valence electrons. The number of primary amides is 1. The lowest BCUT2D eigenvalue weighted by atomic mass is 10.2. The first kappa shape index (κ1) is 13.2. The second-order valence-electron chi connectivity index (χ2n) is 2.31. The van der Waals surface area contributed by atoms with Crippen LogP contribution in [0, 0.1) is 0 Å². The lowest BCUT2D eigenvalue weighted by molar-refractivity contribution is 0.0998. The normalized spacial score (nSPS) is 10.4. The largest absolute Gasteiger partial charge is 0.366 e. The Morgan fingerprint density at radius 1 is 0.786 bits per heavy atom. The van der Waals surface area contributed by atoms with E-state index in [1.165, 1.54) is 0 Å². The highest BCUT2D eigenvalue weighted by molar-refractivity contribution is 9.15. The topological polar surface area (TPSA) is 43.1 Å². The maximum Gasteiger partial charge on any atom is 0.251 e. The first-order valence-electron chi connectivity index (χ1n) is 3.19. The molecular weight excluding hydrogens is 514 g/mol. The summed E-state index contributed by atoms with van der Waals surface area (Å²) in [5.74, 6) is -0.502. The van der Waals surface area contributed by atoms with Gasteiger partial charge in [-0.15, -0.1) is 0 Å². The summed E-state index contributed by atoms with van der Waals surface area (Å²) >= 11 is 16.6. The molecular formula is C7H2Br5NO. The van der Waals surface area contributed by atoms with E-state index in [2.05, 4.69) is 79.6 Å². The van der Waals surface area contributed by atoms with Crippen molar-refractivity contribution in [2.24, 2.45) is 5.73 Å². The van der Waals surface area contributed by atoms with Crippen molar-refractivity contribution in [3.63, 3.8) is 0 Å². The summed E-state index contributed by atoms with van der Waals surface area (Å²) < 4.78 is 3.52. The summed E-state index contributed by atoms with van der Waals surface area (Å²) in [4.78, 5) is 11.2. The molecule has 0 bridgehead atoms. The van der Waals surface area contributed by atoms with E-state index in [1.807, 2.05) is 0 Å². The lowest BCUT2D eigenvalue weighted by Gasteiger charge is -2.10. The Hall–Kier alpha value is 1.09. The minimum Gasteiger partial charge on any atom is -0.366 e. The van der Waals surface area contributed by atoms with Gasteiger partial charge in [-0.25, -0.2) is 0 Å². The van der Waals surface area contributed by atoms with E-state index in [0.717, 1.165) is 13.4 Å². The van der Waals surface area contributed by atoms with E-state index < -0.39 is 5.91 Å². The Bertz CT molecular complexity index is 388. The van der Waals surface area contributed by atoms with Gasteiger partial charge in [-0.1, -0.05) is 0 Å². The summed E-state index contributed by atoms with van der Waals surface area (Å²) in [5.41, 5.74) is 5.64. The van der Waals surface area contributed by atoms with Crippen molar-refractivity contribution in [3.05, 3.63) is 27.9 Å².